The highest BCUT2D eigenvalue weighted by atomic mass is 15.5. The van der Waals surface area contributed by atoms with E-state index in [4.69, 9.17) is 5.41 Å². The zero-order chi connectivity index (χ0) is 7.98. The first-order valence-corrected chi connectivity index (χ1v) is 3.05. The Kier molecular flexibility index (Phi) is 4.04. The van der Waals surface area contributed by atoms with Crippen molar-refractivity contribution in [3.8, 4) is 0 Å². The quantitative estimate of drug-likeness (QED) is 0.351. The van der Waals surface area contributed by atoms with Gasteiger partial charge >= 0.3 is 0 Å². The van der Waals surface area contributed by atoms with E-state index in [1.54, 1.807) is 6.20 Å². The maximum absolute atomic E-state index is 6.91. The third-order valence-corrected chi connectivity index (χ3v) is 0.921. The van der Waals surface area contributed by atoms with Crippen LogP contribution in [0.25, 0.3) is 0 Å². The lowest BCUT2D eigenvalue weighted by molar-refractivity contribution is 0.455. The van der Waals surface area contributed by atoms with Gasteiger partial charge in [0, 0.05) is 11.9 Å². The van der Waals surface area contributed by atoms with Crippen molar-refractivity contribution in [3.05, 3.63) is 24.6 Å². The number of hydrazine groups is 1. The Hall–Kier alpha value is -1.25. The summed E-state index contributed by atoms with van der Waals surface area (Å²) >= 11 is 0. The first-order chi connectivity index (χ1) is 4.72. The van der Waals surface area contributed by atoms with Gasteiger partial charge < -0.3 is 5.43 Å². The maximum Gasteiger partial charge on any atom is 0.106 e. The second-order valence-electron chi connectivity index (χ2n) is 1.86. The third-order valence-electron chi connectivity index (χ3n) is 0.921. The predicted molar refractivity (Wildman–Crippen MR) is 43.4 cm³/mol. The summed E-state index contributed by atoms with van der Waals surface area (Å²) in [4.78, 5) is 0. The van der Waals surface area contributed by atoms with Crippen molar-refractivity contribution in [1.82, 2.24) is 10.4 Å². The lowest BCUT2D eigenvalue weighted by Crippen LogP contribution is -2.30. The van der Waals surface area contributed by atoms with Crippen molar-refractivity contribution < 1.29 is 0 Å². The second-order valence-corrected chi connectivity index (χ2v) is 1.86. The number of hydrogen-bond donors (Lipinski definition) is 2. The molecule has 0 aromatic heterocycles. The highest BCUT2D eigenvalue weighted by molar-refractivity contribution is 5.52. The molecule has 0 saturated heterocycles. The van der Waals surface area contributed by atoms with Crippen LogP contribution in [-0.2, 0) is 0 Å². The van der Waals surface area contributed by atoms with Crippen LogP contribution in [0.5, 0.6) is 0 Å². The van der Waals surface area contributed by atoms with E-state index < -0.39 is 0 Å². The Balaban J connectivity index is 3.83. The SMILES string of the molecule is C=C(C)N(C=N)NC=CC. The van der Waals surface area contributed by atoms with Crippen LogP contribution < -0.4 is 5.43 Å². The Bertz CT molecular complexity index is 149. The fourth-order valence-electron chi connectivity index (χ4n) is 0.412. The standard InChI is InChI=1S/C7H13N3/c1-4-5-9-10(6-8)7(2)3/h4-6,8-9H,2H2,1,3H3. The molecule has 0 radical (unpaired) electrons. The molecule has 0 aliphatic heterocycles. The Morgan fingerprint density at radius 2 is 2.30 bits per heavy atom. The molecule has 0 unspecified atom stereocenters. The van der Waals surface area contributed by atoms with Crippen LogP contribution in [0.15, 0.2) is 24.6 Å². The van der Waals surface area contributed by atoms with E-state index >= 15 is 0 Å². The van der Waals surface area contributed by atoms with Crippen molar-refractivity contribution in [1.29, 1.82) is 5.41 Å². The van der Waals surface area contributed by atoms with Crippen LogP contribution in [0.2, 0.25) is 0 Å². The van der Waals surface area contributed by atoms with Crippen LogP contribution in [0.4, 0.5) is 0 Å². The average molecular weight is 139 g/mol. The van der Waals surface area contributed by atoms with Gasteiger partial charge in [-0.3, -0.25) is 10.4 Å². The van der Waals surface area contributed by atoms with Gasteiger partial charge in [-0.25, -0.2) is 0 Å². The molecule has 0 aliphatic carbocycles. The van der Waals surface area contributed by atoms with Crippen LogP contribution >= 0.6 is 0 Å². The van der Waals surface area contributed by atoms with E-state index in [9.17, 15) is 0 Å². The molecule has 0 amide bonds. The molecule has 0 atom stereocenters. The van der Waals surface area contributed by atoms with Crippen LogP contribution in [0.1, 0.15) is 13.8 Å². The molecule has 0 rings (SSSR count). The summed E-state index contributed by atoms with van der Waals surface area (Å²) in [6, 6.07) is 0. The molecule has 56 valence electrons. The molecule has 0 aromatic carbocycles. The Labute approximate surface area is 61.5 Å². The molecule has 0 fully saturated rings. The first kappa shape index (κ1) is 8.75. The second kappa shape index (κ2) is 4.61. The van der Waals surface area contributed by atoms with Crippen molar-refractivity contribution in [3.63, 3.8) is 0 Å². The van der Waals surface area contributed by atoms with Crippen LogP contribution in [0.3, 0.4) is 0 Å². The van der Waals surface area contributed by atoms with E-state index in [1.807, 2.05) is 19.9 Å². The predicted octanol–water partition coefficient (Wildman–Crippen LogP) is 1.47. The first-order valence-electron chi connectivity index (χ1n) is 3.05. The molecule has 0 saturated carbocycles. The smallest absolute Gasteiger partial charge is 0.106 e. The Morgan fingerprint density at radius 3 is 2.60 bits per heavy atom. The van der Waals surface area contributed by atoms with E-state index in [-0.39, 0.29) is 0 Å². The number of hydrogen-bond acceptors (Lipinski definition) is 2. The minimum atomic E-state index is 0.785. The van der Waals surface area contributed by atoms with E-state index in [1.165, 1.54) is 11.3 Å². The minimum Gasteiger partial charge on any atom is -0.301 e. The molecule has 0 aliphatic rings. The maximum atomic E-state index is 6.91. The van der Waals surface area contributed by atoms with Crippen LogP contribution in [0, 0.1) is 5.41 Å². The number of nitrogens with one attached hydrogen (secondary N) is 2. The summed E-state index contributed by atoms with van der Waals surface area (Å²) in [7, 11) is 0. The molecule has 3 heteroatoms. The van der Waals surface area contributed by atoms with Gasteiger partial charge in [0.25, 0.3) is 0 Å². The third kappa shape index (κ3) is 2.91. The largest absolute Gasteiger partial charge is 0.301 e. The van der Waals surface area contributed by atoms with Crippen molar-refractivity contribution in [2.45, 2.75) is 13.8 Å². The topological polar surface area (TPSA) is 39.1 Å². The van der Waals surface area contributed by atoms with E-state index in [0.717, 1.165) is 5.70 Å². The lowest BCUT2D eigenvalue weighted by Gasteiger charge is -2.17. The van der Waals surface area contributed by atoms with Gasteiger partial charge in [-0.2, -0.15) is 0 Å². The molecular weight excluding hydrogens is 126 g/mol. The summed E-state index contributed by atoms with van der Waals surface area (Å²) in [5, 5.41) is 8.43. The summed E-state index contributed by atoms with van der Waals surface area (Å²) in [6.07, 6.45) is 4.75. The number of rotatable bonds is 4. The fourth-order valence-corrected chi connectivity index (χ4v) is 0.412. The van der Waals surface area contributed by atoms with Gasteiger partial charge in [-0.15, -0.1) is 0 Å². The van der Waals surface area contributed by atoms with Gasteiger partial charge in [0.1, 0.15) is 6.34 Å². The summed E-state index contributed by atoms with van der Waals surface area (Å²) in [6.45, 7) is 7.37. The molecule has 3 nitrogen and oxygen atoms in total. The number of allylic oxidation sites excluding steroid dienone is 2. The summed E-state index contributed by atoms with van der Waals surface area (Å²) in [5.74, 6) is 0. The molecular formula is C7H13N3. The molecule has 0 bridgehead atoms. The van der Waals surface area contributed by atoms with E-state index in [2.05, 4.69) is 12.0 Å². The van der Waals surface area contributed by atoms with Gasteiger partial charge in [0.2, 0.25) is 0 Å². The monoisotopic (exact) mass is 139 g/mol. The van der Waals surface area contributed by atoms with E-state index in [0.29, 0.717) is 0 Å². The highest BCUT2D eigenvalue weighted by Gasteiger charge is 1.92. The normalized spacial score (nSPS) is 9.40. The summed E-state index contributed by atoms with van der Waals surface area (Å²) in [5.41, 5.74) is 3.61. The molecule has 2 N–H and O–H groups in total. The highest BCUT2D eigenvalue weighted by Crippen LogP contribution is 1.90. The van der Waals surface area contributed by atoms with Gasteiger partial charge in [0.05, 0.1) is 0 Å². The molecule has 0 heterocycles. The van der Waals surface area contributed by atoms with Gasteiger partial charge in [-0.05, 0) is 13.8 Å². The fraction of sp³-hybridized carbons (Fsp3) is 0.286. The molecule has 0 spiro atoms. The molecule has 10 heavy (non-hydrogen) atoms. The lowest BCUT2D eigenvalue weighted by atomic mass is 10.5. The van der Waals surface area contributed by atoms with Gasteiger partial charge in [-0.1, -0.05) is 12.7 Å². The average Bonchev–Trinajstić information content (AvgIpc) is 1.89. The van der Waals surface area contributed by atoms with Gasteiger partial charge in [0.15, 0.2) is 0 Å². The van der Waals surface area contributed by atoms with Crippen molar-refractivity contribution in [2.75, 3.05) is 0 Å². The zero-order valence-electron chi connectivity index (χ0n) is 6.39. The zero-order valence-corrected chi connectivity index (χ0v) is 6.39. The molecule has 0 aromatic rings. The van der Waals surface area contributed by atoms with Crippen molar-refractivity contribution >= 4 is 6.34 Å². The van der Waals surface area contributed by atoms with Crippen LogP contribution in [-0.4, -0.2) is 11.3 Å². The summed E-state index contributed by atoms with van der Waals surface area (Å²) < 4.78 is 0. The Morgan fingerprint density at radius 1 is 1.70 bits per heavy atom. The van der Waals surface area contributed by atoms with Crippen molar-refractivity contribution in [2.24, 2.45) is 0 Å². The minimum absolute atomic E-state index is 0.785. The number of nitrogens with zero attached hydrogens (tertiary/aromatic N) is 1.